The Morgan fingerprint density at radius 2 is 2.07 bits per heavy atom. The maximum absolute atomic E-state index is 13.3. The Morgan fingerprint density at radius 1 is 1.34 bits per heavy atom. The fourth-order valence-electron chi connectivity index (χ4n) is 2.44. The van der Waals surface area contributed by atoms with Crippen LogP contribution in [0.2, 0.25) is 0 Å². The summed E-state index contributed by atoms with van der Waals surface area (Å²) < 4.78 is 18.1. The van der Waals surface area contributed by atoms with E-state index < -0.39 is 22.8 Å². The lowest BCUT2D eigenvalue weighted by Gasteiger charge is -2.17. The zero-order chi connectivity index (χ0) is 21.8. The average Bonchev–Trinajstić information content (AvgIpc) is 2.65. The number of hydroxylamine groups is 1. The van der Waals surface area contributed by atoms with Crippen LogP contribution in [-0.2, 0) is 14.4 Å². The highest BCUT2D eigenvalue weighted by molar-refractivity contribution is 5.75. The maximum atomic E-state index is 13.3. The number of rotatable bonds is 12. The highest BCUT2D eigenvalue weighted by Gasteiger charge is 2.20. The van der Waals surface area contributed by atoms with Crippen LogP contribution in [0.15, 0.2) is 47.9 Å². The lowest BCUT2D eigenvalue weighted by atomic mass is 10.0. The van der Waals surface area contributed by atoms with Crippen molar-refractivity contribution in [1.82, 2.24) is 10.8 Å². The van der Waals surface area contributed by atoms with E-state index in [-0.39, 0.29) is 24.0 Å². The van der Waals surface area contributed by atoms with E-state index in [1.807, 2.05) is 13.8 Å². The number of methoxy groups -OCH3 is 1. The molecule has 1 aromatic carbocycles. The van der Waals surface area contributed by atoms with E-state index in [4.69, 9.17) is 9.57 Å². The lowest BCUT2D eigenvalue weighted by Crippen LogP contribution is -2.38. The van der Waals surface area contributed by atoms with Crippen LogP contribution in [0.1, 0.15) is 20.3 Å². The number of allylic oxidation sites excluding steroid dienone is 1. The smallest absolute Gasteiger partial charge is 0.322 e. The molecule has 1 rings (SSSR count). The van der Waals surface area contributed by atoms with Gasteiger partial charge in [-0.3, -0.25) is 25.2 Å². The highest BCUT2D eigenvalue weighted by atomic mass is 19.1. The second kappa shape index (κ2) is 12.5. The van der Waals surface area contributed by atoms with Crippen molar-refractivity contribution in [2.45, 2.75) is 26.3 Å². The molecule has 9 nitrogen and oxygen atoms in total. The van der Waals surface area contributed by atoms with Crippen LogP contribution in [0.5, 0.6) is 0 Å². The summed E-state index contributed by atoms with van der Waals surface area (Å²) in [6.07, 6.45) is 3.05. The van der Waals surface area contributed by atoms with E-state index in [0.717, 1.165) is 0 Å². The summed E-state index contributed by atoms with van der Waals surface area (Å²) >= 11 is 0. The highest BCUT2D eigenvalue weighted by Crippen LogP contribution is 2.12. The number of carbonyl (C=O) groups is 1. The Labute approximate surface area is 169 Å². The van der Waals surface area contributed by atoms with Crippen molar-refractivity contribution in [3.05, 3.63) is 63.9 Å². The van der Waals surface area contributed by atoms with Crippen molar-refractivity contribution in [2.24, 2.45) is 5.92 Å². The monoisotopic (exact) mass is 410 g/mol. The van der Waals surface area contributed by atoms with Gasteiger partial charge in [0.25, 0.3) is 5.70 Å². The second-order valence-electron chi connectivity index (χ2n) is 6.50. The maximum Gasteiger partial charge on any atom is 0.322 e. The van der Waals surface area contributed by atoms with E-state index in [2.05, 4.69) is 16.1 Å². The molecule has 0 fully saturated rings. The van der Waals surface area contributed by atoms with E-state index in [9.17, 15) is 19.3 Å². The predicted octanol–water partition coefficient (Wildman–Crippen LogP) is 2.57. The van der Waals surface area contributed by atoms with Gasteiger partial charge in [0.1, 0.15) is 17.7 Å². The molecular formula is C19H27FN4O5. The Bertz CT molecular complexity index is 752. The molecule has 1 unspecified atom stereocenters. The average molecular weight is 410 g/mol. The van der Waals surface area contributed by atoms with Gasteiger partial charge in [-0.1, -0.05) is 19.9 Å². The van der Waals surface area contributed by atoms with E-state index >= 15 is 0 Å². The minimum atomic E-state index is -0.581. The van der Waals surface area contributed by atoms with Crippen molar-refractivity contribution >= 4 is 11.7 Å². The first kappa shape index (κ1) is 24.1. The first-order valence-electron chi connectivity index (χ1n) is 8.95. The van der Waals surface area contributed by atoms with Crippen LogP contribution in [-0.4, -0.2) is 37.7 Å². The molecule has 0 aliphatic heterocycles. The zero-order valence-electron chi connectivity index (χ0n) is 16.9. The van der Waals surface area contributed by atoms with Crippen molar-refractivity contribution in [1.29, 1.82) is 0 Å². The van der Waals surface area contributed by atoms with Crippen molar-refractivity contribution in [3.8, 4) is 0 Å². The number of ether oxygens (including phenoxy) is 1. The van der Waals surface area contributed by atoms with Gasteiger partial charge in [-0.25, -0.2) is 4.39 Å². The van der Waals surface area contributed by atoms with Gasteiger partial charge in [-0.2, -0.15) is 0 Å². The predicted molar refractivity (Wildman–Crippen MR) is 107 cm³/mol. The summed E-state index contributed by atoms with van der Waals surface area (Å²) in [5.41, 5.74) is 2.60. The fourth-order valence-corrected chi connectivity index (χ4v) is 2.44. The normalized spacial score (nSPS) is 13.2. The number of anilines is 1. The number of halogens is 1. The summed E-state index contributed by atoms with van der Waals surface area (Å²) in [5, 5.41) is 17.2. The van der Waals surface area contributed by atoms with Gasteiger partial charge in [0.05, 0.1) is 25.2 Å². The third kappa shape index (κ3) is 9.17. The van der Waals surface area contributed by atoms with E-state index in [1.165, 1.54) is 44.6 Å². The number of carbonyl (C=O) groups excluding carboxylic acids is 1. The molecule has 1 aromatic rings. The number of hydrogen-bond donors (Lipinski definition) is 3. The van der Waals surface area contributed by atoms with Crippen molar-refractivity contribution in [2.75, 3.05) is 26.1 Å². The van der Waals surface area contributed by atoms with Crippen LogP contribution < -0.4 is 16.1 Å². The SMILES string of the molecule is CON/C(=C\C(=C/CNC(CC(C)C)C(=O)OC)[N+](=O)[O-])Nc1cccc(F)c1. The molecule has 0 spiro atoms. The second-order valence-corrected chi connectivity index (χ2v) is 6.50. The number of benzene rings is 1. The van der Waals surface area contributed by atoms with Gasteiger partial charge >= 0.3 is 5.97 Å². The molecule has 29 heavy (non-hydrogen) atoms. The molecule has 10 heteroatoms. The van der Waals surface area contributed by atoms with Crippen LogP contribution in [0.4, 0.5) is 10.1 Å². The molecule has 0 bridgehead atoms. The molecule has 0 aromatic heterocycles. The molecule has 0 saturated heterocycles. The summed E-state index contributed by atoms with van der Waals surface area (Å²) in [6, 6.07) is 5.03. The van der Waals surface area contributed by atoms with E-state index in [1.54, 1.807) is 6.07 Å². The van der Waals surface area contributed by atoms with Crippen LogP contribution in [0, 0.1) is 21.8 Å². The topological polar surface area (TPSA) is 115 Å². The number of nitrogens with one attached hydrogen (secondary N) is 3. The van der Waals surface area contributed by atoms with Gasteiger partial charge in [0.2, 0.25) is 0 Å². The molecule has 160 valence electrons. The van der Waals surface area contributed by atoms with E-state index in [0.29, 0.717) is 12.1 Å². The number of nitrogens with zero attached hydrogens (tertiary/aromatic N) is 1. The Morgan fingerprint density at radius 3 is 2.62 bits per heavy atom. The standard InChI is InChI=1S/C19H27FN4O5/c1-13(2)10-17(19(25)28-3)21-9-8-16(24(26)27)12-18(23-29-4)22-15-7-5-6-14(20)11-15/h5-8,11-13,17,21-23H,9-10H2,1-4H3/b16-8+,18-12-. The van der Waals surface area contributed by atoms with Crippen LogP contribution in [0.25, 0.3) is 0 Å². The van der Waals surface area contributed by atoms with Gasteiger partial charge in [0.15, 0.2) is 0 Å². The van der Waals surface area contributed by atoms with Gasteiger partial charge in [-0.05, 0) is 30.5 Å². The molecular weight excluding hydrogens is 383 g/mol. The molecule has 3 N–H and O–H groups in total. The largest absolute Gasteiger partial charge is 0.468 e. The minimum absolute atomic E-state index is 0.0690. The number of esters is 1. The fraction of sp³-hybridized carbons (Fsp3) is 0.421. The molecule has 0 radical (unpaired) electrons. The Balaban J connectivity index is 2.96. The van der Waals surface area contributed by atoms with Gasteiger partial charge in [-0.15, -0.1) is 0 Å². The molecule has 0 saturated carbocycles. The minimum Gasteiger partial charge on any atom is -0.468 e. The third-order valence-corrected chi connectivity index (χ3v) is 3.69. The molecule has 1 atom stereocenters. The molecule has 0 amide bonds. The summed E-state index contributed by atoms with van der Waals surface area (Å²) in [5.74, 6) is -0.522. The molecule has 0 aliphatic rings. The van der Waals surface area contributed by atoms with Gasteiger partial charge in [0, 0.05) is 18.3 Å². The zero-order valence-corrected chi connectivity index (χ0v) is 16.9. The van der Waals surface area contributed by atoms with Crippen LogP contribution in [0.3, 0.4) is 0 Å². The summed E-state index contributed by atoms with van der Waals surface area (Å²) in [7, 11) is 2.63. The Kier molecular flexibility index (Phi) is 10.3. The third-order valence-electron chi connectivity index (χ3n) is 3.69. The first-order chi connectivity index (χ1) is 13.8. The number of hydrogen-bond acceptors (Lipinski definition) is 8. The molecule has 0 aliphatic carbocycles. The quantitative estimate of drug-likeness (QED) is 0.208. The summed E-state index contributed by atoms with van der Waals surface area (Å²) in [6.45, 7) is 3.98. The molecule has 0 heterocycles. The van der Waals surface area contributed by atoms with Crippen molar-refractivity contribution in [3.63, 3.8) is 0 Å². The summed E-state index contributed by atoms with van der Waals surface area (Å²) in [4.78, 5) is 27.5. The van der Waals surface area contributed by atoms with Gasteiger partial charge < -0.3 is 15.4 Å². The lowest BCUT2D eigenvalue weighted by molar-refractivity contribution is -0.419. The van der Waals surface area contributed by atoms with Crippen molar-refractivity contribution < 1.29 is 23.7 Å². The van der Waals surface area contributed by atoms with Crippen LogP contribution >= 0.6 is 0 Å². The number of nitro groups is 1. The Hall–Kier alpha value is -2.98. The first-order valence-corrected chi connectivity index (χ1v) is 8.95.